The van der Waals surface area contributed by atoms with Crippen molar-refractivity contribution >= 4 is 0 Å². The van der Waals surface area contributed by atoms with Crippen molar-refractivity contribution in [3.05, 3.63) is 12.2 Å². The minimum Gasteiger partial charge on any atom is -0.396 e. The van der Waals surface area contributed by atoms with E-state index in [4.69, 9.17) is 5.11 Å². The van der Waals surface area contributed by atoms with Crippen LogP contribution in [-0.4, -0.2) is 22.4 Å². The first-order chi connectivity index (χ1) is 5.05. The van der Waals surface area contributed by atoms with Crippen molar-refractivity contribution in [3.8, 4) is 0 Å². The normalized spacial score (nSPS) is 31.3. The predicted molar refractivity (Wildman–Crippen MR) is 44.1 cm³/mol. The van der Waals surface area contributed by atoms with E-state index in [2.05, 4.69) is 0 Å². The summed E-state index contributed by atoms with van der Waals surface area (Å²) in [5.74, 6) is 0.336. The second kappa shape index (κ2) is 2.95. The van der Waals surface area contributed by atoms with E-state index in [-0.39, 0.29) is 18.4 Å². The third-order valence-corrected chi connectivity index (χ3v) is 2.34. The lowest BCUT2D eigenvalue weighted by Crippen LogP contribution is -2.34. The maximum atomic E-state index is 9.66. The molecule has 0 aromatic heterocycles. The highest BCUT2D eigenvalue weighted by Gasteiger charge is 2.33. The van der Waals surface area contributed by atoms with Crippen molar-refractivity contribution in [2.24, 2.45) is 11.8 Å². The average molecular weight is 156 g/mol. The Labute approximate surface area is 67.6 Å². The summed E-state index contributed by atoms with van der Waals surface area (Å²) < 4.78 is 0. The number of rotatable bonds is 2. The van der Waals surface area contributed by atoms with Crippen molar-refractivity contribution in [1.29, 1.82) is 0 Å². The molecule has 2 nitrogen and oxygen atoms in total. The second-order valence-electron chi connectivity index (χ2n) is 3.79. The monoisotopic (exact) mass is 156 g/mol. The van der Waals surface area contributed by atoms with Gasteiger partial charge in [0.25, 0.3) is 0 Å². The molecule has 0 fully saturated rings. The summed E-state index contributed by atoms with van der Waals surface area (Å²) in [4.78, 5) is 0. The van der Waals surface area contributed by atoms with Crippen LogP contribution in [0.5, 0.6) is 0 Å². The van der Waals surface area contributed by atoms with Crippen LogP contribution < -0.4 is 0 Å². The van der Waals surface area contributed by atoms with E-state index in [0.29, 0.717) is 0 Å². The van der Waals surface area contributed by atoms with Crippen LogP contribution in [0.4, 0.5) is 0 Å². The van der Waals surface area contributed by atoms with Crippen LogP contribution in [-0.2, 0) is 0 Å². The van der Waals surface area contributed by atoms with Gasteiger partial charge in [-0.2, -0.15) is 0 Å². The van der Waals surface area contributed by atoms with Gasteiger partial charge in [0, 0.05) is 12.5 Å². The Bertz CT molecular complexity index is 155. The van der Waals surface area contributed by atoms with E-state index in [1.54, 1.807) is 13.8 Å². The van der Waals surface area contributed by atoms with Gasteiger partial charge in [0.15, 0.2) is 0 Å². The highest BCUT2D eigenvalue weighted by molar-refractivity contribution is 5.06. The van der Waals surface area contributed by atoms with Crippen molar-refractivity contribution in [2.45, 2.75) is 25.9 Å². The van der Waals surface area contributed by atoms with Gasteiger partial charge in [-0.1, -0.05) is 12.2 Å². The van der Waals surface area contributed by atoms with Crippen LogP contribution in [0.15, 0.2) is 12.2 Å². The van der Waals surface area contributed by atoms with Crippen molar-refractivity contribution in [2.75, 3.05) is 6.61 Å². The van der Waals surface area contributed by atoms with Gasteiger partial charge in [0.2, 0.25) is 0 Å². The van der Waals surface area contributed by atoms with Gasteiger partial charge in [-0.3, -0.25) is 0 Å². The highest BCUT2D eigenvalue weighted by Crippen LogP contribution is 2.33. The molecule has 0 heterocycles. The molecule has 0 bridgehead atoms. The molecular formula is C9H16O2. The van der Waals surface area contributed by atoms with Crippen molar-refractivity contribution in [1.82, 2.24) is 0 Å². The van der Waals surface area contributed by atoms with Crippen molar-refractivity contribution in [3.63, 3.8) is 0 Å². The average Bonchev–Trinajstić information content (AvgIpc) is 2.31. The SMILES string of the molecule is CC(C)(O)[C@@H]1C=CC[C@@H]1CO. The van der Waals surface area contributed by atoms with Gasteiger partial charge in [-0.25, -0.2) is 0 Å². The number of aliphatic hydroxyl groups is 2. The fraction of sp³-hybridized carbons (Fsp3) is 0.778. The van der Waals surface area contributed by atoms with E-state index < -0.39 is 5.60 Å². The molecule has 1 aliphatic carbocycles. The molecule has 0 aromatic carbocycles. The Morgan fingerprint density at radius 2 is 2.18 bits per heavy atom. The van der Waals surface area contributed by atoms with E-state index in [1.807, 2.05) is 12.2 Å². The van der Waals surface area contributed by atoms with E-state index >= 15 is 0 Å². The van der Waals surface area contributed by atoms with E-state index in [0.717, 1.165) is 6.42 Å². The molecule has 1 rings (SSSR count). The number of aliphatic hydroxyl groups excluding tert-OH is 1. The predicted octanol–water partition coefficient (Wildman–Crippen LogP) is 0.942. The molecule has 1 aliphatic rings. The minimum atomic E-state index is -0.694. The molecule has 0 saturated heterocycles. The number of hydrogen-bond donors (Lipinski definition) is 2. The molecule has 11 heavy (non-hydrogen) atoms. The first-order valence-electron chi connectivity index (χ1n) is 4.05. The Hall–Kier alpha value is -0.340. The Kier molecular flexibility index (Phi) is 2.35. The molecule has 64 valence electrons. The molecule has 0 radical (unpaired) electrons. The molecule has 2 heteroatoms. The van der Waals surface area contributed by atoms with Gasteiger partial charge in [0.05, 0.1) is 5.60 Å². The van der Waals surface area contributed by atoms with Gasteiger partial charge in [-0.15, -0.1) is 0 Å². The summed E-state index contributed by atoms with van der Waals surface area (Å²) in [6, 6.07) is 0. The quantitative estimate of drug-likeness (QED) is 0.584. The van der Waals surface area contributed by atoms with Crippen LogP contribution in [0.25, 0.3) is 0 Å². The molecule has 0 amide bonds. The van der Waals surface area contributed by atoms with Crippen LogP contribution in [0.3, 0.4) is 0 Å². The molecule has 0 unspecified atom stereocenters. The first kappa shape index (κ1) is 8.75. The lowest BCUT2D eigenvalue weighted by atomic mass is 9.83. The van der Waals surface area contributed by atoms with Crippen LogP contribution in [0.1, 0.15) is 20.3 Å². The maximum Gasteiger partial charge on any atom is 0.0657 e. The van der Waals surface area contributed by atoms with E-state index in [9.17, 15) is 5.11 Å². The van der Waals surface area contributed by atoms with Crippen LogP contribution >= 0.6 is 0 Å². The van der Waals surface area contributed by atoms with Crippen LogP contribution in [0, 0.1) is 11.8 Å². The zero-order valence-electron chi connectivity index (χ0n) is 7.12. The second-order valence-corrected chi connectivity index (χ2v) is 3.79. The summed E-state index contributed by atoms with van der Waals surface area (Å²) in [6.07, 6.45) is 4.93. The molecule has 0 aliphatic heterocycles. The number of allylic oxidation sites excluding steroid dienone is 1. The topological polar surface area (TPSA) is 40.5 Å². The molecular weight excluding hydrogens is 140 g/mol. The Morgan fingerprint density at radius 1 is 1.55 bits per heavy atom. The zero-order chi connectivity index (χ0) is 8.48. The Balaban J connectivity index is 2.63. The zero-order valence-corrected chi connectivity index (χ0v) is 7.12. The van der Waals surface area contributed by atoms with Gasteiger partial charge >= 0.3 is 0 Å². The third-order valence-electron chi connectivity index (χ3n) is 2.34. The van der Waals surface area contributed by atoms with Crippen molar-refractivity contribution < 1.29 is 10.2 Å². The van der Waals surface area contributed by atoms with E-state index in [1.165, 1.54) is 0 Å². The molecule has 2 atom stereocenters. The highest BCUT2D eigenvalue weighted by atomic mass is 16.3. The lowest BCUT2D eigenvalue weighted by molar-refractivity contribution is 0.00507. The summed E-state index contributed by atoms with van der Waals surface area (Å²) in [5, 5.41) is 18.6. The van der Waals surface area contributed by atoms with Gasteiger partial charge in [0.1, 0.15) is 0 Å². The summed E-state index contributed by atoms with van der Waals surface area (Å²) in [5.41, 5.74) is -0.694. The number of hydrogen-bond acceptors (Lipinski definition) is 2. The van der Waals surface area contributed by atoms with Gasteiger partial charge in [-0.05, 0) is 26.2 Å². The summed E-state index contributed by atoms with van der Waals surface area (Å²) in [7, 11) is 0. The fourth-order valence-corrected chi connectivity index (χ4v) is 1.70. The Morgan fingerprint density at radius 3 is 2.55 bits per heavy atom. The van der Waals surface area contributed by atoms with Crippen LogP contribution in [0.2, 0.25) is 0 Å². The largest absolute Gasteiger partial charge is 0.396 e. The molecule has 0 spiro atoms. The minimum absolute atomic E-state index is 0.118. The fourth-order valence-electron chi connectivity index (χ4n) is 1.70. The smallest absolute Gasteiger partial charge is 0.0657 e. The lowest BCUT2D eigenvalue weighted by Gasteiger charge is -2.29. The maximum absolute atomic E-state index is 9.66. The van der Waals surface area contributed by atoms with Gasteiger partial charge < -0.3 is 10.2 Å². The first-order valence-corrected chi connectivity index (χ1v) is 4.05. The standard InChI is InChI=1S/C9H16O2/c1-9(2,11)8-5-3-4-7(8)6-10/h3,5,7-8,10-11H,4,6H2,1-2H3/t7-,8-/m1/s1. The molecule has 0 aromatic rings. The molecule has 2 N–H and O–H groups in total. The summed E-state index contributed by atoms with van der Waals surface area (Å²) >= 11 is 0. The summed E-state index contributed by atoms with van der Waals surface area (Å²) in [6.45, 7) is 3.74. The third kappa shape index (κ3) is 1.82. The molecule has 0 saturated carbocycles.